The molecular weight excluding hydrogens is 196 g/mol. The molecule has 0 aromatic rings. The quantitative estimate of drug-likeness (QED) is 0.767. The van der Waals surface area contributed by atoms with Gasteiger partial charge in [0.2, 0.25) is 0 Å². The summed E-state index contributed by atoms with van der Waals surface area (Å²) >= 11 is 0. The predicted molar refractivity (Wildman–Crippen MR) is 68.8 cm³/mol. The molecule has 2 rings (SSSR count). The maximum absolute atomic E-state index is 6.19. The van der Waals surface area contributed by atoms with Crippen molar-refractivity contribution in [2.24, 2.45) is 11.7 Å². The Balaban J connectivity index is 2.33. The number of rotatable bonds is 2. The molecule has 0 radical (unpaired) electrons. The number of nitrogens with zero attached hydrogens (tertiary/aromatic N) is 1. The van der Waals surface area contributed by atoms with Gasteiger partial charge in [0.1, 0.15) is 0 Å². The second-order valence-electron chi connectivity index (χ2n) is 4.76. The molecule has 2 atom stereocenters. The van der Waals surface area contributed by atoms with Crippen LogP contribution in [-0.4, -0.2) is 24.0 Å². The molecule has 2 aliphatic carbocycles. The monoisotopic (exact) mass is 216 g/mol. The fourth-order valence-electron chi connectivity index (χ4n) is 2.26. The lowest BCUT2D eigenvalue weighted by Gasteiger charge is -2.37. The van der Waals surface area contributed by atoms with Crippen LogP contribution in [0.3, 0.4) is 0 Å². The molecule has 2 unspecified atom stereocenters. The van der Waals surface area contributed by atoms with Crippen LogP contribution in [0, 0.1) is 5.92 Å². The van der Waals surface area contributed by atoms with E-state index in [1.165, 1.54) is 11.3 Å². The van der Waals surface area contributed by atoms with Gasteiger partial charge >= 0.3 is 0 Å². The van der Waals surface area contributed by atoms with Crippen LogP contribution >= 0.6 is 0 Å². The van der Waals surface area contributed by atoms with Crippen molar-refractivity contribution in [1.29, 1.82) is 0 Å². The van der Waals surface area contributed by atoms with Crippen LogP contribution in [0.15, 0.2) is 47.7 Å². The number of allylic oxidation sites excluding steroid dienone is 5. The van der Waals surface area contributed by atoms with E-state index < -0.39 is 0 Å². The van der Waals surface area contributed by atoms with Gasteiger partial charge in [-0.2, -0.15) is 0 Å². The highest BCUT2D eigenvalue weighted by Crippen LogP contribution is 2.33. The Kier molecular flexibility index (Phi) is 3.01. The predicted octanol–water partition coefficient (Wildman–Crippen LogP) is 2.22. The Morgan fingerprint density at radius 2 is 2.00 bits per heavy atom. The third-order valence-corrected chi connectivity index (χ3v) is 3.42. The maximum atomic E-state index is 6.19. The van der Waals surface area contributed by atoms with Crippen LogP contribution in [0.25, 0.3) is 0 Å². The van der Waals surface area contributed by atoms with Gasteiger partial charge in [-0.15, -0.1) is 0 Å². The fourth-order valence-corrected chi connectivity index (χ4v) is 2.26. The van der Waals surface area contributed by atoms with Gasteiger partial charge in [-0.25, -0.2) is 0 Å². The Hall–Kier alpha value is -1.28. The zero-order valence-corrected chi connectivity index (χ0v) is 10.2. The van der Waals surface area contributed by atoms with Crippen molar-refractivity contribution in [3.8, 4) is 0 Å². The standard InChI is InChI=1S/C14H20N2/c1-10(2)16(3)13-9-5-7-11-6-4-8-12(15)14(11)13/h4-10,12,14H,15H2,1-3H3. The highest BCUT2D eigenvalue weighted by molar-refractivity contribution is 5.44. The van der Waals surface area contributed by atoms with Crippen molar-refractivity contribution < 1.29 is 0 Å². The maximum Gasteiger partial charge on any atom is 0.0426 e. The average Bonchev–Trinajstić information content (AvgIpc) is 2.27. The van der Waals surface area contributed by atoms with Gasteiger partial charge in [-0.3, -0.25) is 0 Å². The van der Waals surface area contributed by atoms with E-state index in [0.29, 0.717) is 12.0 Å². The summed E-state index contributed by atoms with van der Waals surface area (Å²) in [5.41, 5.74) is 8.83. The Morgan fingerprint density at radius 3 is 2.69 bits per heavy atom. The second-order valence-corrected chi connectivity index (χ2v) is 4.76. The largest absolute Gasteiger partial charge is 0.375 e. The van der Waals surface area contributed by atoms with Crippen LogP contribution in [0.2, 0.25) is 0 Å². The zero-order valence-electron chi connectivity index (χ0n) is 10.2. The molecular formula is C14H20N2. The lowest BCUT2D eigenvalue weighted by Crippen LogP contribution is -2.40. The first kappa shape index (κ1) is 11.2. The normalized spacial score (nSPS) is 27.6. The highest BCUT2D eigenvalue weighted by Gasteiger charge is 2.29. The molecule has 0 aromatic heterocycles. The van der Waals surface area contributed by atoms with Gasteiger partial charge in [0.15, 0.2) is 0 Å². The Morgan fingerprint density at radius 1 is 1.25 bits per heavy atom. The molecule has 0 saturated carbocycles. The van der Waals surface area contributed by atoms with E-state index >= 15 is 0 Å². The average molecular weight is 216 g/mol. The van der Waals surface area contributed by atoms with Gasteiger partial charge in [0, 0.05) is 30.7 Å². The van der Waals surface area contributed by atoms with Crippen molar-refractivity contribution in [2.45, 2.75) is 25.9 Å². The first-order chi connectivity index (χ1) is 7.61. The van der Waals surface area contributed by atoms with E-state index in [1.807, 2.05) is 0 Å². The topological polar surface area (TPSA) is 29.3 Å². The van der Waals surface area contributed by atoms with Crippen molar-refractivity contribution in [3.05, 3.63) is 47.7 Å². The third-order valence-electron chi connectivity index (χ3n) is 3.42. The van der Waals surface area contributed by atoms with Crippen molar-refractivity contribution in [3.63, 3.8) is 0 Å². The van der Waals surface area contributed by atoms with Crippen molar-refractivity contribution in [2.75, 3.05) is 7.05 Å². The molecule has 0 aliphatic heterocycles. The number of hydrogen-bond acceptors (Lipinski definition) is 2. The molecule has 16 heavy (non-hydrogen) atoms. The van der Waals surface area contributed by atoms with E-state index in [-0.39, 0.29) is 6.04 Å². The van der Waals surface area contributed by atoms with Crippen LogP contribution in [0.1, 0.15) is 13.8 Å². The summed E-state index contributed by atoms with van der Waals surface area (Å²) < 4.78 is 0. The highest BCUT2D eigenvalue weighted by atomic mass is 15.1. The van der Waals surface area contributed by atoms with Gasteiger partial charge in [0.25, 0.3) is 0 Å². The molecule has 0 amide bonds. The van der Waals surface area contributed by atoms with Crippen LogP contribution in [0.4, 0.5) is 0 Å². The van der Waals surface area contributed by atoms with E-state index in [9.17, 15) is 0 Å². The van der Waals surface area contributed by atoms with E-state index in [2.05, 4.69) is 62.3 Å². The summed E-state index contributed by atoms with van der Waals surface area (Å²) in [4.78, 5) is 2.31. The van der Waals surface area contributed by atoms with Crippen molar-refractivity contribution in [1.82, 2.24) is 4.90 Å². The van der Waals surface area contributed by atoms with Crippen LogP contribution in [0.5, 0.6) is 0 Å². The molecule has 0 bridgehead atoms. The summed E-state index contributed by atoms with van der Waals surface area (Å²) in [5, 5.41) is 0. The zero-order chi connectivity index (χ0) is 11.7. The molecule has 0 spiro atoms. The first-order valence-corrected chi connectivity index (χ1v) is 5.86. The lowest BCUT2D eigenvalue weighted by atomic mass is 9.81. The summed E-state index contributed by atoms with van der Waals surface area (Å²) in [6.45, 7) is 4.40. The minimum atomic E-state index is 0.0948. The summed E-state index contributed by atoms with van der Waals surface area (Å²) in [7, 11) is 2.14. The van der Waals surface area contributed by atoms with Crippen LogP contribution in [-0.2, 0) is 0 Å². The minimum absolute atomic E-state index is 0.0948. The summed E-state index contributed by atoms with van der Waals surface area (Å²) in [6, 6.07) is 0.592. The smallest absolute Gasteiger partial charge is 0.0426 e. The van der Waals surface area contributed by atoms with E-state index in [0.717, 1.165) is 0 Å². The number of fused-ring (bicyclic) bond motifs is 1. The fraction of sp³-hybridized carbons (Fsp3) is 0.429. The number of hydrogen-bond donors (Lipinski definition) is 1. The molecule has 0 fully saturated rings. The van der Waals surface area contributed by atoms with Gasteiger partial charge in [0.05, 0.1) is 0 Å². The Labute approximate surface area is 97.8 Å². The molecule has 0 aromatic carbocycles. The molecule has 0 saturated heterocycles. The van der Waals surface area contributed by atoms with Gasteiger partial charge in [-0.05, 0) is 25.5 Å². The Bertz CT molecular complexity index is 386. The SMILES string of the molecule is CC(C)N(C)C1=CC=CC2=CC=CC(N)C21. The molecule has 2 nitrogen and oxygen atoms in total. The second kappa shape index (κ2) is 4.30. The molecule has 86 valence electrons. The number of nitrogens with two attached hydrogens (primary N) is 1. The third kappa shape index (κ3) is 1.85. The van der Waals surface area contributed by atoms with Gasteiger partial charge in [-0.1, -0.05) is 30.4 Å². The molecule has 0 heterocycles. The van der Waals surface area contributed by atoms with E-state index in [1.54, 1.807) is 0 Å². The molecule has 2 aliphatic rings. The van der Waals surface area contributed by atoms with Gasteiger partial charge < -0.3 is 10.6 Å². The van der Waals surface area contributed by atoms with Crippen LogP contribution < -0.4 is 5.73 Å². The van der Waals surface area contributed by atoms with E-state index in [4.69, 9.17) is 5.73 Å². The minimum Gasteiger partial charge on any atom is -0.375 e. The van der Waals surface area contributed by atoms with Crippen molar-refractivity contribution >= 4 is 0 Å². The summed E-state index contributed by atoms with van der Waals surface area (Å²) in [5.74, 6) is 0.322. The summed E-state index contributed by atoms with van der Waals surface area (Å²) in [6.07, 6.45) is 12.7. The molecule has 2 heteroatoms. The first-order valence-electron chi connectivity index (χ1n) is 5.86. The lowest BCUT2D eigenvalue weighted by molar-refractivity contribution is 0.305. The molecule has 2 N–H and O–H groups in total.